The predicted molar refractivity (Wildman–Crippen MR) is 24.0 cm³/mol. The zero-order valence-corrected chi connectivity index (χ0v) is 3.09. The minimum atomic E-state index is -0.220. The quantitative estimate of drug-likeness (QED) is 0.268. The van der Waals surface area contributed by atoms with E-state index < -0.39 is 0 Å². The molecule has 36 valence electrons. The van der Waals surface area contributed by atoms with Crippen LogP contribution in [0, 0.1) is 0 Å². The first kappa shape index (κ1) is 8.07. The van der Waals surface area contributed by atoms with Crippen LogP contribution >= 0.6 is 0 Å². The van der Waals surface area contributed by atoms with Crippen LogP contribution in [0.25, 0.3) is 0 Å². The van der Waals surface area contributed by atoms with Crippen molar-refractivity contribution >= 4 is 57.9 Å². The van der Waals surface area contributed by atoms with Crippen LogP contribution in [0.15, 0.2) is 0 Å². The van der Waals surface area contributed by atoms with Gasteiger partial charge in [0.1, 0.15) is 6.61 Å². The van der Waals surface area contributed by atoms with Crippen molar-refractivity contribution in [2.45, 2.75) is 6.29 Å². The molecule has 0 saturated carbocycles. The normalized spacial score (nSPS) is 24.9. The summed E-state index contributed by atoms with van der Waals surface area (Å²) >= 11 is 0. The van der Waals surface area contributed by atoms with Crippen molar-refractivity contribution in [2.75, 3.05) is 6.61 Å². The summed E-state index contributed by atoms with van der Waals surface area (Å²) in [6.45, 7) is 0.955. The third kappa shape index (κ3) is 3.63. The molecule has 0 spiro atoms. The molecule has 1 aliphatic heterocycles. The van der Waals surface area contributed by atoms with Crippen molar-refractivity contribution in [1.29, 1.82) is 0 Å². The molecule has 7 heavy (non-hydrogen) atoms. The van der Waals surface area contributed by atoms with E-state index in [1.54, 1.807) is 0 Å². The topological polar surface area (TPSA) is 38.8 Å². The van der Waals surface area contributed by atoms with Gasteiger partial charge in [-0.15, -0.1) is 0 Å². The molecule has 0 N–H and O–H groups in total. The first-order valence-corrected chi connectivity index (χ1v) is 1.64. The summed E-state index contributed by atoms with van der Waals surface area (Å²) in [5.74, 6) is 0. The fraction of sp³-hybridized carbons (Fsp3) is 0.667. The van der Waals surface area contributed by atoms with Gasteiger partial charge in [-0.25, -0.2) is 0 Å². The van der Waals surface area contributed by atoms with Crippen molar-refractivity contribution in [3.63, 3.8) is 0 Å². The molecule has 0 bridgehead atoms. The number of carbonyl (C=O) groups is 1. The Bertz CT molecular complexity index is 61.2. The predicted octanol–water partition coefficient (Wildman–Crippen LogP) is -1.13. The van der Waals surface area contributed by atoms with Crippen LogP contribution in [0.2, 0.25) is 0 Å². The average Bonchev–Trinajstić information content (AvgIpc) is 2.21. The molecule has 0 radical (unpaired) electrons. The Balaban J connectivity index is 0.000000360. The van der Waals surface area contributed by atoms with Gasteiger partial charge in [0.2, 0.25) is 6.29 Å². The monoisotopic (exact) mass is 128 g/mol. The first-order chi connectivity index (χ1) is 2.93. The second-order valence-corrected chi connectivity index (χ2v) is 0.995. The number of epoxide rings is 1. The number of carbonyl (C=O) groups excluding carboxylic acids is 1. The van der Waals surface area contributed by atoms with Gasteiger partial charge in [-0.2, -0.15) is 0 Å². The van der Waals surface area contributed by atoms with Crippen molar-refractivity contribution in [3.8, 4) is 0 Å². The third-order valence-corrected chi connectivity index (χ3v) is 0.510. The van der Waals surface area contributed by atoms with Gasteiger partial charge in [-0.1, -0.05) is 0 Å². The van der Waals surface area contributed by atoms with Gasteiger partial charge in [-0.3, -0.25) is 4.79 Å². The van der Waals surface area contributed by atoms with E-state index in [1.807, 2.05) is 0 Å². The van der Waals surface area contributed by atoms with E-state index in [9.17, 15) is 4.79 Å². The van der Waals surface area contributed by atoms with Gasteiger partial charge >= 0.3 is 51.4 Å². The van der Waals surface area contributed by atoms with Crippen molar-refractivity contribution < 1.29 is 14.3 Å². The van der Waals surface area contributed by atoms with Crippen LogP contribution in [0.3, 0.4) is 0 Å². The molecule has 1 atom stereocenters. The fourth-order valence-electron chi connectivity index (χ4n) is 0.180. The van der Waals surface area contributed by atoms with E-state index in [0.717, 1.165) is 0 Å². The molecular weight excluding hydrogens is 123 g/mol. The first-order valence-electron chi connectivity index (χ1n) is 1.64. The van der Waals surface area contributed by atoms with Gasteiger partial charge in [0, 0.05) is 0 Å². The molecule has 1 fully saturated rings. The van der Waals surface area contributed by atoms with Crippen LogP contribution < -0.4 is 0 Å². The van der Waals surface area contributed by atoms with Crippen molar-refractivity contribution in [2.24, 2.45) is 0 Å². The van der Waals surface area contributed by atoms with E-state index >= 15 is 0 Å². The Morgan fingerprint density at radius 3 is 2.57 bits per heavy atom. The zero-order valence-electron chi connectivity index (χ0n) is 3.09. The number of ether oxygens (including phenoxy) is 2. The van der Waals surface area contributed by atoms with Crippen molar-refractivity contribution in [1.82, 2.24) is 0 Å². The SMILES string of the molecule is O=COC1CO1.[KH]. The van der Waals surface area contributed by atoms with Gasteiger partial charge in [-0.05, 0) is 0 Å². The van der Waals surface area contributed by atoms with Gasteiger partial charge < -0.3 is 9.47 Å². The van der Waals surface area contributed by atoms with Crippen molar-refractivity contribution in [3.05, 3.63) is 0 Å². The van der Waals surface area contributed by atoms with Crippen LogP contribution in [0.4, 0.5) is 0 Å². The Morgan fingerprint density at radius 2 is 2.43 bits per heavy atom. The number of hydrogen-bond donors (Lipinski definition) is 0. The van der Waals surface area contributed by atoms with E-state index in [1.165, 1.54) is 0 Å². The molecule has 1 saturated heterocycles. The molecular formula is C3H5KO3. The van der Waals surface area contributed by atoms with Crippen LogP contribution in [-0.2, 0) is 14.3 Å². The number of hydrogen-bond acceptors (Lipinski definition) is 3. The molecule has 1 heterocycles. The second kappa shape index (κ2) is 4.00. The Hall–Kier alpha value is 1.07. The molecule has 3 nitrogen and oxygen atoms in total. The molecule has 0 aliphatic carbocycles. The summed E-state index contributed by atoms with van der Waals surface area (Å²) in [6.07, 6.45) is -0.220. The molecule has 0 aromatic heterocycles. The van der Waals surface area contributed by atoms with Gasteiger partial charge in [0.25, 0.3) is 6.47 Å². The molecule has 0 amide bonds. The Kier molecular flexibility index (Phi) is 4.61. The standard InChI is InChI=1S/C3H4O3.K.H/c4-2-6-3-1-5-3;;/h2-3H,1H2;;. The summed E-state index contributed by atoms with van der Waals surface area (Å²) in [6, 6.07) is 0. The van der Waals surface area contributed by atoms with Crippen LogP contribution in [-0.4, -0.2) is 70.8 Å². The molecule has 0 aromatic carbocycles. The molecule has 1 aliphatic rings. The summed E-state index contributed by atoms with van der Waals surface area (Å²) in [4.78, 5) is 9.35. The van der Waals surface area contributed by atoms with E-state index in [4.69, 9.17) is 0 Å². The summed E-state index contributed by atoms with van der Waals surface area (Å²) < 4.78 is 8.75. The Morgan fingerprint density at radius 1 is 1.86 bits per heavy atom. The third-order valence-electron chi connectivity index (χ3n) is 0.510. The van der Waals surface area contributed by atoms with Crippen LogP contribution in [0.5, 0.6) is 0 Å². The number of rotatable bonds is 2. The average molecular weight is 128 g/mol. The second-order valence-electron chi connectivity index (χ2n) is 0.995. The van der Waals surface area contributed by atoms with E-state index in [-0.39, 0.29) is 57.7 Å². The summed E-state index contributed by atoms with van der Waals surface area (Å²) in [7, 11) is 0. The molecule has 0 aromatic rings. The fourth-order valence-corrected chi connectivity index (χ4v) is 0.180. The zero-order chi connectivity index (χ0) is 4.41. The maximum atomic E-state index is 9.35. The van der Waals surface area contributed by atoms with E-state index in [0.29, 0.717) is 13.1 Å². The molecule has 4 heteroatoms. The Labute approximate surface area is 83.8 Å². The van der Waals surface area contributed by atoms with E-state index in [2.05, 4.69) is 9.47 Å². The molecule has 1 rings (SSSR count). The van der Waals surface area contributed by atoms with Crippen LogP contribution in [0.1, 0.15) is 0 Å². The van der Waals surface area contributed by atoms with Gasteiger partial charge in [0.05, 0.1) is 0 Å². The summed E-state index contributed by atoms with van der Waals surface area (Å²) in [5.41, 5.74) is 0. The van der Waals surface area contributed by atoms with Gasteiger partial charge in [0.15, 0.2) is 0 Å². The maximum absolute atomic E-state index is 9.35. The summed E-state index contributed by atoms with van der Waals surface area (Å²) in [5, 5.41) is 0. The minimum absolute atomic E-state index is 0. The molecule has 1 unspecified atom stereocenters.